The Hall–Kier alpha value is -2.72. The van der Waals surface area contributed by atoms with E-state index in [1.165, 1.54) is 4.90 Å². The van der Waals surface area contributed by atoms with Crippen molar-refractivity contribution < 1.29 is 9.53 Å². The number of nitrogens with one attached hydrogen (secondary N) is 1. The second-order valence-corrected chi connectivity index (χ2v) is 4.69. The molecular weight excluding hydrogens is 272 g/mol. The first kappa shape index (κ1) is 13.3. The molecule has 1 fully saturated rings. The molecule has 0 saturated carbocycles. The van der Waals surface area contributed by atoms with Crippen molar-refractivity contribution in [1.29, 1.82) is 5.26 Å². The number of hydrogen-bond donors (Lipinski definition) is 1. The fourth-order valence-corrected chi connectivity index (χ4v) is 2.34. The molecule has 0 aliphatic carbocycles. The van der Waals surface area contributed by atoms with Gasteiger partial charge in [-0.2, -0.15) is 10.4 Å². The maximum absolute atomic E-state index is 12.6. The van der Waals surface area contributed by atoms with E-state index < -0.39 is 6.10 Å². The highest BCUT2D eigenvalue weighted by Gasteiger charge is 2.27. The zero-order valence-corrected chi connectivity index (χ0v) is 11.1. The molecule has 21 heavy (non-hydrogen) atoms. The predicted molar refractivity (Wildman–Crippen MR) is 73.6 cm³/mol. The van der Waals surface area contributed by atoms with Crippen LogP contribution in [0.15, 0.2) is 29.1 Å². The lowest BCUT2D eigenvalue weighted by Crippen LogP contribution is -2.45. The summed E-state index contributed by atoms with van der Waals surface area (Å²) in [5.41, 5.74) is -0.150. The molecule has 1 aromatic carbocycles. The number of carbonyl (C=O) groups excluding carboxylic acids is 1. The van der Waals surface area contributed by atoms with Crippen molar-refractivity contribution in [2.24, 2.45) is 0 Å². The van der Waals surface area contributed by atoms with Crippen LogP contribution in [0.3, 0.4) is 0 Å². The molecule has 7 heteroatoms. The van der Waals surface area contributed by atoms with E-state index in [1.807, 2.05) is 6.07 Å². The van der Waals surface area contributed by atoms with E-state index in [0.29, 0.717) is 23.9 Å². The van der Waals surface area contributed by atoms with Gasteiger partial charge in [0.15, 0.2) is 11.8 Å². The van der Waals surface area contributed by atoms with Crippen LogP contribution in [0.25, 0.3) is 10.8 Å². The number of rotatable bonds is 1. The van der Waals surface area contributed by atoms with Crippen molar-refractivity contribution in [3.63, 3.8) is 0 Å². The largest absolute Gasteiger partial charge is 0.360 e. The third-order valence-corrected chi connectivity index (χ3v) is 3.40. The lowest BCUT2D eigenvalue weighted by atomic mass is 10.1. The van der Waals surface area contributed by atoms with Gasteiger partial charge in [0.25, 0.3) is 11.5 Å². The molecule has 1 unspecified atom stereocenters. The molecule has 106 valence electrons. The average molecular weight is 284 g/mol. The van der Waals surface area contributed by atoms with Gasteiger partial charge >= 0.3 is 0 Å². The molecule has 1 atom stereocenters. The van der Waals surface area contributed by atoms with E-state index >= 15 is 0 Å². The summed E-state index contributed by atoms with van der Waals surface area (Å²) in [5, 5.41) is 16.0. The van der Waals surface area contributed by atoms with Gasteiger partial charge in [-0.1, -0.05) is 18.2 Å². The van der Waals surface area contributed by atoms with Crippen LogP contribution in [0, 0.1) is 11.3 Å². The SMILES string of the molecule is N#CC1CN(C(=O)c2n[nH]c(=O)c3ccccc23)CCO1. The third-order valence-electron chi connectivity index (χ3n) is 3.40. The fourth-order valence-electron chi connectivity index (χ4n) is 2.34. The maximum atomic E-state index is 12.6. The minimum absolute atomic E-state index is 0.184. The van der Waals surface area contributed by atoms with E-state index in [9.17, 15) is 9.59 Å². The Morgan fingerprint density at radius 1 is 1.43 bits per heavy atom. The van der Waals surface area contributed by atoms with Crippen LogP contribution in [-0.2, 0) is 4.74 Å². The quantitative estimate of drug-likeness (QED) is 0.811. The molecule has 2 aromatic rings. The Labute approximate surface area is 119 Å². The van der Waals surface area contributed by atoms with Crippen LogP contribution < -0.4 is 5.56 Å². The van der Waals surface area contributed by atoms with E-state index in [0.717, 1.165) is 0 Å². The van der Waals surface area contributed by atoms with Crippen molar-refractivity contribution in [1.82, 2.24) is 15.1 Å². The highest BCUT2D eigenvalue weighted by Crippen LogP contribution is 2.16. The maximum Gasteiger partial charge on any atom is 0.275 e. The first-order valence-corrected chi connectivity index (χ1v) is 6.48. The predicted octanol–water partition coefficient (Wildman–Crippen LogP) is 0.288. The number of benzene rings is 1. The number of hydrogen-bond acceptors (Lipinski definition) is 5. The Morgan fingerprint density at radius 2 is 2.19 bits per heavy atom. The topological polar surface area (TPSA) is 99.1 Å². The standard InChI is InChI=1S/C14H12N4O3/c15-7-9-8-18(5-6-21-9)14(20)12-10-3-1-2-4-11(10)13(19)17-16-12/h1-4,9H,5-6,8H2,(H,17,19). The molecule has 0 bridgehead atoms. The first-order chi connectivity index (χ1) is 10.2. The fraction of sp³-hybridized carbons (Fsp3) is 0.286. The van der Waals surface area contributed by atoms with Crippen molar-refractivity contribution in [2.75, 3.05) is 19.7 Å². The van der Waals surface area contributed by atoms with Crippen molar-refractivity contribution in [2.45, 2.75) is 6.10 Å². The normalized spacial score (nSPS) is 18.4. The number of aromatic amines is 1. The minimum Gasteiger partial charge on any atom is -0.360 e. The van der Waals surface area contributed by atoms with Crippen LogP contribution in [-0.4, -0.2) is 46.8 Å². The van der Waals surface area contributed by atoms with Crippen molar-refractivity contribution >= 4 is 16.7 Å². The number of nitrogens with zero attached hydrogens (tertiary/aromatic N) is 3. The second-order valence-electron chi connectivity index (χ2n) is 4.69. The Balaban J connectivity index is 2.01. The smallest absolute Gasteiger partial charge is 0.275 e. The van der Waals surface area contributed by atoms with Gasteiger partial charge in [-0.15, -0.1) is 0 Å². The molecule has 3 rings (SSSR count). The zero-order valence-electron chi connectivity index (χ0n) is 11.1. The number of H-pyrrole nitrogens is 1. The summed E-state index contributed by atoms with van der Waals surface area (Å²) in [7, 11) is 0. The summed E-state index contributed by atoms with van der Waals surface area (Å²) in [5.74, 6) is -0.314. The van der Waals surface area contributed by atoms with E-state index in [2.05, 4.69) is 10.2 Å². The van der Waals surface area contributed by atoms with Gasteiger partial charge < -0.3 is 9.64 Å². The van der Waals surface area contributed by atoms with Gasteiger partial charge in [-0.05, 0) is 6.07 Å². The molecule has 1 aromatic heterocycles. The Bertz CT molecular complexity index is 793. The number of carbonyl (C=O) groups is 1. The monoisotopic (exact) mass is 284 g/mol. The van der Waals surface area contributed by atoms with E-state index in [1.54, 1.807) is 24.3 Å². The number of morpholine rings is 1. The molecule has 2 heterocycles. The number of ether oxygens (including phenoxy) is 1. The highest BCUT2D eigenvalue weighted by atomic mass is 16.5. The van der Waals surface area contributed by atoms with Crippen LogP contribution >= 0.6 is 0 Å². The Kier molecular flexibility index (Phi) is 3.38. The van der Waals surface area contributed by atoms with Crippen molar-refractivity contribution in [3.8, 4) is 6.07 Å². The highest BCUT2D eigenvalue weighted by molar-refractivity contribution is 6.04. The molecule has 1 amide bonds. The van der Waals surface area contributed by atoms with Gasteiger partial charge in [-0.25, -0.2) is 5.10 Å². The number of amides is 1. The van der Waals surface area contributed by atoms with E-state index in [4.69, 9.17) is 10.00 Å². The number of fused-ring (bicyclic) bond motifs is 1. The van der Waals surface area contributed by atoms with Gasteiger partial charge in [0.2, 0.25) is 0 Å². The zero-order chi connectivity index (χ0) is 14.8. The molecule has 1 aliphatic heterocycles. The summed E-state index contributed by atoms with van der Waals surface area (Å²) in [6, 6.07) is 8.80. The molecule has 7 nitrogen and oxygen atoms in total. The van der Waals surface area contributed by atoms with Crippen LogP contribution in [0.4, 0.5) is 0 Å². The summed E-state index contributed by atoms with van der Waals surface area (Å²) in [4.78, 5) is 25.8. The van der Waals surface area contributed by atoms with Crippen molar-refractivity contribution in [3.05, 3.63) is 40.3 Å². The molecule has 1 saturated heterocycles. The molecule has 1 N–H and O–H groups in total. The third kappa shape index (κ3) is 2.37. The van der Waals surface area contributed by atoms with Gasteiger partial charge in [-0.3, -0.25) is 9.59 Å². The van der Waals surface area contributed by atoms with E-state index in [-0.39, 0.29) is 23.7 Å². The van der Waals surface area contributed by atoms with Gasteiger partial charge in [0.05, 0.1) is 24.6 Å². The summed E-state index contributed by atoms with van der Waals surface area (Å²) >= 11 is 0. The lowest BCUT2D eigenvalue weighted by molar-refractivity contribution is 0.00325. The van der Waals surface area contributed by atoms with Gasteiger partial charge in [0, 0.05) is 11.9 Å². The molecule has 0 radical (unpaired) electrons. The molecular formula is C14H12N4O3. The van der Waals surface area contributed by atoms with Gasteiger partial charge in [0.1, 0.15) is 0 Å². The number of aromatic nitrogens is 2. The summed E-state index contributed by atoms with van der Waals surface area (Å²) in [6.45, 7) is 0.905. The molecule has 1 aliphatic rings. The second kappa shape index (κ2) is 5.34. The molecule has 0 spiro atoms. The van der Waals surface area contributed by atoms with Crippen LogP contribution in [0.2, 0.25) is 0 Å². The first-order valence-electron chi connectivity index (χ1n) is 6.48. The average Bonchev–Trinajstić information content (AvgIpc) is 2.55. The number of nitriles is 1. The summed E-state index contributed by atoms with van der Waals surface area (Å²) in [6.07, 6.45) is -0.628. The lowest BCUT2D eigenvalue weighted by Gasteiger charge is -2.29. The summed E-state index contributed by atoms with van der Waals surface area (Å²) < 4.78 is 5.22. The Morgan fingerprint density at radius 3 is 2.95 bits per heavy atom. The minimum atomic E-state index is -0.628. The van der Waals surface area contributed by atoms with Crippen LogP contribution in [0.5, 0.6) is 0 Å². The van der Waals surface area contributed by atoms with Crippen LogP contribution in [0.1, 0.15) is 10.5 Å².